The van der Waals surface area contributed by atoms with Crippen molar-refractivity contribution in [2.75, 3.05) is 78.8 Å². The Morgan fingerprint density at radius 1 is 0.587 bits per heavy atom. The maximum atomic E-state index is 13.9. The second-order valence-corrected chi connectivity index (χ2v) is 14.1. The molecule has 0 aromatic carbocycles. The first kappa shape index (κ1) is 35.4. The molecule has 5 N–H and O–H groups in total. The number of fused-ring (bicyclic) bond motifs is 6. The number of carbonyl (C=O) groups excluding carboxylic acids is 4. The van der Waals surface area contributed by atoms with Crippen molar-refractivity contribution in [3.63, 3.8) is 0 Å². The topological polar surface area (TPSA) is 170 Å². The molecule has 4 amide bonds. The molecular weight excluding hydrogens is 618 g/mol. The molecule has 0 aromatic rings. The first-order valence-electron chi connectivity index (χ1n) is 17.2. The highest BCUT2D eigenvalue weighted by molar-refractivity contribution is 6.01. The number of carbonyl (C=O) groups is 4. The van der Waals surface area contributed by atoms with Crippen LogP contribution in [0.4, 0.5) is 0 Å². The lowest BCUT2D eigenvalue weighted by molar-refractivity contribution is -0.162. The van der Waals surface area contributed by atoms with Gasteiger partial charge in [0, 0.05) is 52.4 Å². The zero-order chi connectivity index (χ0) is 31.5. The number of nitrogens with zero attached hydrogens (tertiary/aromatic N) is 2. The van der Waals surface area contributed by atoms with Crippen molar-refractivity contribution in [2.45, 2.75) is 50.7 Å². The van der Waals surface area contributed by atoms with Crippen LogP contribution in [0.2, 0.25) is 0 Å². The SMILES string of the molecule is Cl.O=C(NCCN1CCOCC1)C1C2CCC(C(O)C2)C1C(=O)NC(=O)C1C2CCC(CC2O)C1C(=O)NCCN1CCOCC1. The Morgan fingerprint density at radius 2 is 0.978 bits per heavy atom. The van der Waals surface area contributed by atoms with E-state index in [1.165, 1.54) is 0 Å². The summed E-state index contributed by atoms with van der Waals surface area (Å²) in [5.74, 6) is -5.53. The summed E-state index contributed by atoms with van der Waals surface area (Å²) in [6, 6.07) is 0. The van der Waals surface area contributed by atoms with E-state index in [0.29, 0.717) is 78.3 Å². The highest BCUT2D eigenvalue weighted by atomic mass is 35.5. The quantitative estimate of drug-likeness (QED) is 0.182. The Hall–Kier alpha value is -1.87. The van der Waals surface area contributed by atoms with Crippen LogP contribution >= 0.6 is 12.4 Å². The molecule has 2 saturated heterocycles. The average molecular weight is 670 g/mol. The maximum absolute atomic E-state index is 13.9. The van der Waals surface area contributed by atoms with Crippen molar-refractivity contribution in [3.8, 4) is 0 Å². The number of morpholine rings is 2. The molecule has 46 heavy (non-hydrogen) atoms. The van der Waals surface area contributed by atoms with Gasteiger partial charge in [0.1, 0.15) is 0 Å². The number of halogens is 1. The van der Waals surface area contributed by atoms with Gasteiger partial charge in [0.2, 0.25) is 23.6 Å². The molecule has 6 saturated carbocycles. The largest absolute Gasteiger partial charge is 0.393 e. The first-order valence-corrected chi connectivity index (χ1v) is 17.2. The van der Waals surface area contributed by atoms with E-state index < -0.39 is 59.5 Å². The van der Waals surface area contributed by atoms with E-state index >= 15 is 0 Å². The normalized spacial score (nSPS) is 37.6. The number of nitrogens with one attached hydrogen (secondary N) is 3. The lowest BCUT2D eigenvalue weighted by Crippen LogP contribution is -2.61. The lowest BCUT2D eigenvalue weighted by atomic mass is 9.56. The molecular formula is C32H52ClN5O8. The highest BCUT2D eigenvalue weighted by Crippen LogP contribution is 2.51. The second kappa shape index (κ2) is 16.0. The van der Waals surface area contributed by atoms with Crippen LogP contribution in [0, 0.1) is 47.3 Å². The van der Waals surface area contributed by atoms with Crippen molar-refractivity contribution in [1.29, 1.82) is 0 Å². The van der Waals surface area contributed by atoms with Gasteiger partial charge in [-0.25, -0.2) is 0 Å². The summed E-state index contributed by atoms with van der Waals surface area (Å²) in [6.07, 6.45) is 2.28. The molecule has 6 aliphatic carbocycles. The Kier molecular flexibility index (Phi) is 12.3. The molecule has 2 aliphatic heterocycles. The van der Waals surface area contributed by atoms with Crippen LogP contribution in [-0.2, 0) is 28.7 Å². The number of hydrogen-bond donors (Lipinski definition) is 5. The summed E-state index contributed by atoms with van der Waals surface area (Å²) < 4.78 is 10.8. The fraction of sp³-hybridized carbons (Fsp3) is 0.875. The molecule has 0 spiro atoms. The minimum absolute atomic E-state index is 0. The van der Waals surface area contributed by atoms with Gasteiger partial charge in [0.25, 0.3) is 0 Å². The molecule has 10 atom stereocenters. The van der Waals surface area contributed by atoms with Gasteiger partial charge >= 0.3 is 0 Å². The van der Waals surface area contributed by atoms with E-state index in [1.54, 1.807) is 0 Å². The van der Waals surface area contributed by atoms with Crippen molar-refractivity contribution < 1.29 is 38.9 Å². The van der Waals surface area contributed by atoms with Crippen LogP contribution in [0.5, 0.6) is 0 Å². The summed E-state index contributed by atoms with van der Waals surface area (Å²) in [5.41, 5.74) is 0. The van der Waals surface area contributed by atoms with E-state index in [4.69, 9.17) is 9.47 Å². The molecule has 13 nitrogen and oxygen atoms in total. The summed E-state index contributed by atoms with van der Waals surface area (Å²) in [4.78, 5) is 59.4. The fourth-order valence-electron chi connectivity index (χ4n) is 9.33. The molecule has 8 fully saturated rings. The van der Waals surface area contributed by atoms with Gasteiger partial charge < -0.3 is 30.3 Å². The molecule has 0 radical (unpaired) electrons. The maximum Gasteiger partial charge on any atom is 0.230 e. The molecule has 14 heteroatoms. The predicted octanol–water partition coefficient (Wildman–Crippen LogP) is -1.01. The van der Waals surface area contributed by atoms with Gasteiger partial charge in [-0.2, -0.15) is 0 Å². The molecule has 10 unspecified atom stereocenters. The van der Waals surface area contributed by atoms with E-state index in [2.05, 4.69) is 25.8 Å². The predicted molar refractivity (Wildman–Crippen MR) is 169 cm³/mol. The number of imide groups is 1. The smallest absolute Gasteiger partial charge is 0.230 e. The zero-order valence-electron chi connectivity index (χ0n) is 26.6. The first-order chi connectivity index (χ1) is 21.8. The Morgan fingerprint density at radius 3 is 1.35 bits per heavy atom. The number of ether oxygens (including phenoxy) is 2. The van der Waals surface area contributed by atoms with Crippen molar-refractivity contribution >= 4 is 36.0 Å². The van der Waals surface area contributed by atoms with Gasteiger partial charge in [0.15, 0.2) is 0 Å². The molecule has 8 rings (SSSR count). The third-order valence-electron chi connectivity index (χ3n) is 11.6. The summed E-state index contributed by atoms with van der Waals surface area (Å²) >= 11 is 0. The number of aliphatic hydroxyl groups excluding tert-OH is 2. The average Bonchev–Trinajstić information content (AvgIpc) is 3.05. The standard InChI is InChI=1S/C32H51N5O8.ClH/c38-23-17-19-1-3-21(23)27(25(19)29(40)33-5-7-36-9-13-44-14-10-36)31(42)35-32(43)28-22-4-2-20(18-24(22)39)26(28)30(41)34-6-8-37-11-15-45-16-12-37;/h19-28,38-39H,1-18H2,(H,33,40)(H,34,41)(H,35,42,43);1H. The number of hydrogen-bond acceptors (Lipinski definition) is 10. The molecule has 0 aromatic heterocycles. The third-order valence-corrected chi connectivity index (χ3v) is 11.6. The van der Waals surface area contributed by atoms with Crippen LogP contribution in [0.3, 0.4) is 0 Å². The van der Waals surface area contributed by atoms with Gasteiger partial charge in [-0.3, -0.25) is 34.3 Å². The molecule has 4 bridgehead atoms. The van der Waals surface area contributed by atoms with Crippen molar-refractivity contribution in [2.24, 2.45) is 47.3 Å². The lowest BCUT2D eigenvalue weighted by Gasteiger charge is -2.50. The van der Waals surface area contributed by atoms with Crippen LogP contribution in [0.15, 0.2) is 0 Å². The van der Waals surface area contributed by atoms with Crippen LogP contribution in [-0.4, -0.2) is 135 Å². The number of aliphatic hydroxyl groups is 2. The third kappa shape index (κ3) is 7.71. The van der Waals surface area contributed by atoms with E-state index in [9.17, 15) is 29.4 Å². The van der Waals surface area contributed by atoms with Crippen molar-refractivity contribution in [3.05, 3.63) is 0 Å². The summed E-state index contributed by atoms with van der Waals surface area (Å²) in [6.45, 7) is 8.23. The summed E-state index contributed by atoms with van der Waals surface area (Å²) in [5, 5.41) is 30.4. The molecule has 2 heterocycles. The monoisotopic (exact) mass is 669 g/mol. The number of amides is 4. The van der Waals surface area contributed by atoms with Gasteiger partial charge in [-0.1, -0.05) is 0 Å². The van der Waals surface area contributed by atoms with Crippen LogP contribution in [0.25, 0.3) is 0 Å². The van der Waals surface area contributed by atoms with Gasteiger partial charge in [-0.15, -0.1) is 12.4 Å². The Balaban J connectivity index is 0.00000417. The summed E-state index contributed by atoms with van der Waals surface area (Å²) in [7, 11) is 0. The Labute approximate surface area is 277 Å². The van der Waals surface area contributed by atoms with Crippen molar-refractivity contribution in [1.82, 2.24) is 25.8 Å². The zero-order valence-corrected chi connectivity index (χ0v) is 27.5. The van der Waals surface area contributed by atoms with E-state index in [0.717, 1.165) is 39.0 Å². The number of rotatable bonds is 10. The van der Waals surface area contributed by atoms with Gasteiger partial charge in [0.05, 0.1) is 62.3 Å². The molecule has 8 aliphatic rings. The minimum Gasteiger partial charge on any atom is -0.393 e. The minimum atomic E-state index is -0.827. The van der Waals surface area contributed by atoms with Crippen LogP contribution in [0.1, 0.15) is 38.5 Å². The second-order valence-electron chi connectivity index (χ2n) is 14.1. The van der Waals surface area contributed by atoms with Crippen LogP contribution < -0.4 is 16.0 Å². The van der Waals surface area contributed by atoms with E-state index in [1.807, 2.05) is 0 Å². The highest BCUT2D eigenvalue weighted by Gasteiger charge is 2.57. The molecule has 260 valence electrons. The van der Waals surface area contributed by atoms with E-state index in [-0.39, 0.29) is 36.1 Å². The fourth-order valence-corrected chi connectivity index (χ4v) is 9.33. The Bertz CT molecular complexity index is 1010. The van der Waals surface area contributed by atoms with Gasteiger partial charge in [-0.05, 0) is 62.2 Å².